The first-order valence-corrected chi connectivity index (χ1v) is 25.2. The van der Waals surface area contributed by atoms with E-state index in [1.54, 1.807) is 146 Å². The van der Waals surface area contributed by atoms with Crippen molar-refractivity contribution < 1.29 is 80.9 Å². The maximum absolute atomic E-state index is 14.5. The summed E-state index contributed by atoms with van der Waals surface area (Å²) in [4.78, 5) is 98.4. The summed E-state index contributed by atoms with van der Waals surface area (Å²) in [7, 11) is 0. The summed E-state index contributed by atoms with van der Waals surface area (Å²) < 4.78 is 62.9. The molecule has 402 valence electrons. The van der Waals surface area contributed by atoms with E-state index in [1.165, 1.54) is 72.8 Å². The maximum Gasteiger partial charge on any atom is 0.340 e. The Kier molecular flexibility index (Phi) is 18.1. The van der Waals surface area contributed by atoms with E-state index in [0.717, 1.165) is 0 Å². The summed E-state index contributed by atoms with van der Waals surface area (Å²) in [5.74, 6) is -7.19. The van der Waals surface area contributed by atoms with Crippen molar-refractivity contribution in [1.82, 2.24) is 0 Å². The van der Waals surface area contributed by atoms with Gasteiger partial charge in [0.25, 0.3) is 0 Å². The van der Waals surface area contributed by atoms with Gasteiger partial charge in [-0.15, -0.1) is 0 Å². The fraction of sp³-hybridized carbons (Fsp3) is 0.210. The van der Waals surface area contributed by atoms with Crippen molar-refractivity contribution in [2.45, 2.75) is 62.2 Å². The number of hydrogen-bond acceptors (Lipinski definition) is 17. The van der Waals surface area contributed by atoms with E-state index in [-0.39, 0.29) is 38.9 Å². The van der Waals surface area contributed by atoms with Crippen LogP contribution in [0.25, 0.3) is 0 Å². The van der Waals surface area contributed by atoms with Crippen LogP contribution in [0, 0.1) is 5.92 Å². The van der Waals surface area contributed by atoms with Crippen LogP contribution in [0.1, 0.15) is 79.4 Å². The quantitative estimate of drug-likeness (QED) is 0.0580. The minimum absolute atomic E-state index is 0.0336. The molecule has 10 unspecified atom stereocenters. The van der Waals surface area contributed by atoms with E-state index in [9.17, 15) is 33.6 Å². The van der Waals surface area contributed by atoms with Crippen LogP contribution in [0.15, 0.2) is 212 Å². The molecule has 2 saturated heterocycles. The van der Waals surface area contributed by atoms with Crippen molar-refractivity contribution in [3.63, 3.8) is 0 Å². The highest BCUT2D eigenvalue weighted by Crippen LogP contribution is 2.38. The molecule has 2 aliphatic rings. The monoisotopic (exact) mass is 1070 g/mol. The lowest BCUT2D eigenvalue weighted by molar-refractivity contribution is -0.347. The molecule has 7 aromatic rings. The molecule has 2 heterocycles. The van der Waals surface area contributed by atoms with Crippen molar-refractivity contribution >= 4 is 41.8 Å². The Hall–Kier alpha value is -9.29. The SMILES string of the molecule is CC1C(OC(=O)c2ccccc2)C(COC(=O)c2ccccc2)OC(OC2C(COC(=O)c3ccccc3)OC(OC(=O)c3ccccc3)C(OC(=O)c3ccccc3)C2OC(=O)c2ccccc2)C1OC(=O)c1ccccc1. The number of esters is 7. The minimum atomic E-state index is -1.92. The highest BCUT2D eigenvalue weighted by Gasteiger charge is 2.57. The van der Waals surface area contributed by atoms with Crippen LogP contribution in [0.2, 0.25) is 0 Å². The summed E-state index contributed by atoms with van der Waals surface area (Å²) in [6.45, 7) is 0.330. The Morgan fingerprint density at radius 3 is 0.924 bits per heavy atom. The van der Waals surface area contributed by atoms with Gasteiger partial charge in [0, 0.05) is 5.92 Å². The molecule has 9 rings (SSSR count). The summed E-state index contributed by atoms with van der Waals surface area (Å²) in [5.41, 5.74) is 0.762. The number of carbonyl (C=O) groups excluding carboxylic acids is 7. The molecular weight excluding hydrogens is 1020 g/mol. The first-order valence-electron chi connectivity index (χ1n) is 25.2. The third kappa shape index (κ3) is 13.8. The number of carbonyl (C=O) groups is 7. The fourth-order valence-electron chi connectivity index (χ4n) is 8.82. The largest absolute Gasteiger partial charge is 0.459 e. The highest BCUT2D eigenvalue weighted by molar-refractivity contribution is 5.93. The third-order valence-electron chi connectivity index (χ3n) is 12.9. The van der Waals surface area contributed by atoms with Gasteiger partial charge in [0.15, 0.2) is 18.5 Å². The van der Waals surface area contributed by atoms with Gasteiger partial charge in [-0.1, -0.05) is 134 Å². The zero-order valence-corrected chi connectivity index (χ0v) is 42.3. The molecule has 10 atom stereocenters. The van der Waals surface area contributed by atoms with E-state index in [0.29, 0.717) is 0 Å². The fourth-order valence-corrected chi connectivity index (χ4v) is 8.82. The summed E-state index contributed by atoms with van der Waals surface area (Å²) in [6.07, 6.45) is -15.1. The molecule has 0 aromatic heterocycles. The lowest BCUT2D eigenvalue weighted by atomic mass is 9.89. The van der Waals surface area contributed by atoms with Crippen LogP contribution < -0.4 is 0 Å². The van der Waals surface area contributed by atoms with Gasteiger partial charge >= 0.3 is 41.8 Å². The Morgan fingerprint density at radius 1 is 0.304 bits per heavy atom. The molecule has 2 aliphatic heterocycles. The second kappa shape index (κ2) is 26.2. The van der Waals surface area contributed by atoms with Gasteiger partial charge < -0.3 is 47.4 Å². The van der Waals surface area contributed by atoms with Crippen LogP contribution in [-0.4, -0.2) is 110 Å². The number of rotatable bonds is 18. The highest BCUT2D eigenvalue weighted by atomic mass is 16.8. The normalized spacial score (nSPS) is 22.4. The Morgan fingerprint density at radius 2 is 0.570 bits per heavy atom. The Balaban J connectivity index is 1.16. The molecule has 0 N–H and O–H groups in total. The first kappa shape index (κ1) is 54.5. The summed E-state index contributed by atoms with van der Waals surface area (Å²) >= 11 is 0. The second-order valence-electron chi connectivity index (χ2n) is 18.2. The van der Waals surface area contributed by atoms with Crippen molar-refractivity contribution in [2.75, 3.05) is 13.2 Å². The predicted molar refractivity (Wildman–Crippen MR) is 279 cm³/mol. The molecule has 79 heavy (non-hydrogen) atoms. The zero-order chi connectivity index (χ0) is 55.1. The lowest BCUT2D eigenvalue weighted by Crippen LogP contribution is -2.66. The summed E-state index contributed by atoms with van der Waals surface area (Å²) in [6, 6.07) is 55.5. The smallest absolute Gasteiger partial charge is 0.340 e. The Bertz CT molecular complexity index is 3170. The maximum atomic E-state index is 14.5. The first-order chi connectivity index (χ1) is 38.5. The number of ether oxygens (including phenoxy) is 10. The third-order valence-corrected chi connectivity index (χ3v) is 12.9. The summed E-state index contributed by atoms with van der Waals surface area (Å²) in [5, 5.41) is 0. The van der Waals surface area contributed by atoms with Crippen molar-refractivity contribution in [2.24, 2.45) is 5.92 Å². The molecule has 0 radical (unpaired) electrons. The van der Waals surface area contributed by atoms with Gasteiger partial charge in [0.1, 0.15) is 37.6 Å². The molecule has 0 saturated carbocycles. The second-order valence-corrected chi connectivity index (χ2v) is 18.2. The lowest BCUT2D eigenvalue weighted by Gasteiger charge is -2.48. The molecule has 0 bridgehead atoms. The molecule has 17 nitrogen and oxygen atoms in total. The van der Waals surface area contributed by atoms with E-state index < -0.39 is 116 Å². The van der Waals surface area contributed by atoms with Crippen molar-refractivity contribution in [3.8, 4) is 0 Å². The number of hydrogen-bond donors (Lipinski definition) is 0. The van der Waals surface area contributed by atoms with Gasteiger partial charge in [-0.25, -0.2) is 33.6 Å². The average molecular weight is 1070 g/mol. The van der Waals surface area contributed by atoms with Crippen LogP contribution in [-0.2, 0) is 47.4 Å². The van der Waals surface area contributed by atoms with Crippen molar-refractivity contribution in [3.05, 3.63) is 251 Å². The molecule has 2 fully saturated rings. The van der Waals surface area contributed by atoms with Gasteiger partial charge in [-0.3, -0.25) is 0 Å². The van der Waals surface area contributed by atoms with Crippen LogP contribution >= 0.6 is 0 Å². The molecule has 17 heteroatoms. The van der Waals surface area contributed by atoms with Crippen LogP contribution in [0.5, 0.6) is 0 Å². The molecule has 0 aliphatic carbocycles. The number of benzene rings is 7. The van der Waals surface area contributed by atoms with Gasteiger partial charge in [-0.05, 0) is 84.9 Å². The van der Waals surface area contributed by atoms with Gasteiger partial charge in [-0.2, -0.15) is 0 Å². The zero-order valence-electron chi connectivity index (χ0n) is 42.3. The molecular formula is C62H52O17. The molecule has 7 aromatic carbocycles. The average Bonchev–Trinajstić information content (AvgIpc) is 3.54. The van der Waals surface area contributed by atoms with Crippen molar-refractivity contribution in [1.29, 1.82) is 0 Å². The van der Waals surface area contributed by atoms with Crippen LogP contribution in [0.4, 0.5) is 0 Å². The predicted octanol–water partition coefficient (Wildman–Crippen LogP) is 8.93. The molecule has 0 spiro atoms. The van der Waals surface area contributed by atoms with Gasteiger partial charge in [0.2, 0.25) is 12.4 Å². The standard InChI is InChI=1S/C62H52O17/c1-39-49(74-56(65)42-27-13-4-14-28-42)47(37-70-54(63)40-23-9-2-10-24-40)72-61(50(39)75-57(66)43-29-15-5-16-30-43)78-51-48(38-71-55(64)41-25-11-3-12-26-41)73-62(79-60(69)46-35-21-8-22-36-46)53(77-59(68)45-33-19-7-20-34-45)52(51)76-58(67)44-31-17-6-18-32-44/h2-36,39,47-53,61-62H,37-38H2,1H3. The topological polar surface area (TPSA) is 212 Å². The van der Waals surface area contributed by atoms with Gasteiger partial charge in [0.05, 0.1) is 38.9 Å². The minimum Gasteiger partial charge on any atom is -0.459 e. The Labute approximate surface area is 453 Å². The van der Waals surface area contributed by atoms with E-state index in [2.05, 4.69) is 0 Å². The van der Waals surface area contributed by atoms with Crippen LogP contribution in [0.3, 0.4) is 0 Å². The van der Waals surface area contributed by atoms with E-state index in [1.807, 2.05) is 0 Å². The van der Waals surface area contributed by atoms with E-state index >= 15 is 0 Å². The van der Waals surface area contributed by atoms with E-state index in [4.69, 9.17) is 47.4 Å². The molecule has 0 amide bonds.